The molecule has 0 aliphatic carbocycles. The molecule has 0 aromatic carbocycles. The highest BCUT2D eigenvalue weighted by atomic mass is 79.9. The quantitative estimate of drug-likeness (QED) is 0.499. The fourth-order valence-corrected chi connectivity index (χ4v) is 3.77. The van der Waals surface area contributed by atoms with Crippen molar-refractivity contribution >= 4 is 42.9 Å². The van der Waals surface area contributed by atoms with Crippen molar-refractivity contribution in [1.29, 1.82) is 0 Å². The number of aromatic nitrogens is 4. The number of fused-ring (bicyclic) bond motifs is 1. The Hall–Kier alpha value is -2.54. The van der Waals surface area contributed by atoms with Crippen LogP contribution in [0, 0.1) is 0 Å². The second-order valence-electron chi connectivity index (χ2n) is 5.17. The number of alkyl halides is 2. The Morgan fingerprint density at radius 1 is 1.25 bits per heavy atom. The SMILES string of the molecule is [2H]C([2H])(c1c(OC)nc(NS(=O)(=O)c2c[nH]c3nc(Br)ccc23)nc1OC)C(F)F. The fourth-order valence-electron chi connectivity index (χ4n) is 2.35. The van der Waals surface area contributed by atoms with Crippen molar-refractivity contribution in [3.63, 3.8) is 0 Å². The fraction of sp³-hybridized carbons (Fsp3) is 0.267. The van der Waals surface area contributed by atoms with E-state index < -0.39 is 46.1 Å². The van der Waals surface area contributed by atoms with Crippen molar-refractivity contribution in [2.45, 2.75) is 17.7 Å². The monoisotopic (exact) mass is 479 g/mol. The smallest absolute Gasteiger partial charge is 0.266 e. The number of hydrogen-bond acceptors (Lipinski definition) is 7. The van der Waals surface area contributed by atoms with Crippen molar-refractivity contribution in [3.05, 3.63) is 28.5 Å². The molecule has 0 aliphatic heterocycles. The minimum atomic E-state index is -4.24. The molecule has 0 saturated carbocycles. The van der Waals surface area contributed by atoms with E-state index in [-0.39, 0.29) is 10.3 Å². The van der Waals surface area contributed by atoms with Gasteiger partial charge in [-0.2, -0.15) is 9.97 Å². The molecule has 0 amide bonds. The zero-order chi connectivity index (χ0) is 22.3. The first-order valence-electron chi connectivity index (χ1n) is 8.46. The highest BCUT2D eigenvalue weighted by molar-refractivity contribution is 9.10. The Labute approximate surface area is 169 Å². The summed E-state index contributed by atoms with van der Waals surface area (Å²) in [5.74, 6) is -1.76. The molecule has 0 unspecified atom stereocenters. The van der Waals surface area contributed by atoms with E-state index in [1.165, 1.54) is 12.3 Å². The Balaban J connectivity index is 2.08. The molecule has 0 saturated heterocycles. The number of anilines is 1. The summed E-state index contributed by atoms with van der Waals surface area (Å²) < 4.78 is 79.6. The zero-order valence-electron chi connectivity index (χ0n) is 16.3. The molecule has 0 atom stereocenters. The number of nitrogens with zero attached hydrogens (tertiary/aromatic N) is 3. The van der Waals surface area contributed by atoms with E-state index in [1.54, 1.807) is 6.07 Å². The van der Waals surface area contributed by atoms with Gasteiger partial charge < -0.3 is 14.5 Å². The number of H-pyrrole nitrogens is 1. The molecule has 9 nitrogen and oxygen atoms in total. The number of nitrogens with one attached hydrogen (secondary N) is 2. The van der Waals surface area contributed by atoms with Gasteiger partial charge in [-0.1, -0.05) is 0 Å². The Morgan fingerprint density at radius 3 is 2.46 bits per heavy atom. The minimum absolute atomic E-state index is 0.161. The van der Waals surface area contributed by atoms with Crippen LogP contribution < -0.4 is 14.2 Å². The summed E-state index contributed by atoms with van der Waals surface area (Å²) in [6, 6.07) is 3.08. The molecule has 2 N–H and O–H groups in total. The molecule has 0 spiro atoms. The molecular formula is C15H14BrF2N5O4S. The van der Waals surface area contributed by atoms with Crippen molar-refractivity contribution < 1.29 is 29.4 Å². The van der Waals surface area contributed by atoms with Crippen LogP contribution in [-0.4, -0.2) is 49.0 Å². The van der Waals surface area contributed by atoms with Gasteiger partial charge in [0, 0.05) is 20.7 Å². The summed E-state index contributed by atoms with van der Waals surface area (Å²) >= 11 is 3.18. The Kier molecular flexibility index (Phi) is 4.91. The van der Waals surface area contributed by atoms with Gasteiger partial charge in [0.05, 0.1) is 19.8 Å². The number of halogens is 3. The highest BCUT2D eigenvalue weighted by Crippen LogP contribution is 2.30. The molecule has 0 fully saturated rings. The molecule has 3 aromatic heterocycles. The van der Waals surface area contributed by atoms with Gasteiger partial charge in [0.2, 0.25) is 24.1 Å². The van der Waals surface area contributed by atoms with Crippen molar-refractivity contribution in [2.75, 3.05) is 18.9 Å². The zero-order valence-corrected chi connectivity index (χ0v) is 16.7. The average molecular weight is 480 g/mol. The predicted molar refractivity (Wildman–Crippen MR) is 99.4 cm³/mol. The van der Waals surface area contributed by atoms with E-state index in [0.717, 1.165) is 14.2 Å². The van der Waals surface area contributed by atoms with Crippen LogP contribution in [0.2, 0.25) is 0 Å². The van der Waals surface area contributed by atoms with E-state index in [9.17, 15) is 17.2 Å². The van der Waals surface area contributed by atoms with Crippen molar-refractivity contribution in [3.8, 4) is 11.8 Å². The van der Waals surface area contributed by atoms with Crippen LogP contribution in [-0.2, 0) is 16.4 Å². The van der Waals surface area contributed by atoms with E-state index >= 15 is 0 Å². The Morgan fingerprint density at radius 2 is 1.89 bits per heavy atom. The van der Waals surface area contributed by atoms with Gasteiger partial charge in [0.15, 0.2) is 0 Å². The minimum Gasteiger partial charge on any atom is -0.481 e. The van der Waals surface area contributed by atoms with Crippen molar-refractivity contribution in [1.82, 2.24) is 19.9 Å². The van der Waals surface area contributed by atoms with Crippen LogP contribution in [0.25, 0.3) is 11.0 Å². The first-order chi connectivity index (χ1) is 14.0. The molecule has 3 heterocycles. The number of sulfonamides is 1. The van der Waals surface area contributed by atoms with Gasteiger partial charge in [0.1, 0.15) is 15.1 Å². The summed E-state index contributed by atoms with van der Waals surface area (Å²) in [6.07, 6.45) is -5.43. The molecular weight excluding hydrogens is 464 g/mol. The van der Waals surface area contributed by atoms with Gasteiger partial charge in [-0.25, -0.2) is 26.9 Å². The molecule has 0 aliphatic rings. The lowest BCUT2D eigenvalue weighted by atomic mass is 10.2. The standard InChI is InChI=1S/C15H14BrF2N5O4S/c1-26-13-8(5-11(17)18)14(27-2)22-15(21-13)23-28(24,25)9-6-19-12-7(9)3-4-10(16)20-12/h3-4,6,11H,5H2,1-2H3,(H,19,20)(H,21,22,23)/i5D2. The van der Waals surface area contributed by atoms with Crippen LogP contribution in [0.15, 0.2) is 27.8 Å². The third-order valence-corrected chi connectivity index (χ3v) is 5.27. The van der Waals surface area contributed by atoms with Gasteiger partial charge >= 0.3 is 0 Å². The topological polar surface area (TPSA) is 119 Å². The van der Waals surface area contributed by atoms with E-state index in [1.807, 2.05) is 0 Å². The largest absolute Gasteiger partial charge is 0.481 e. The summed E-state index contributed by atoms with van der Waals surface area (Å²) in [4.78, 5) is 14.1. The second-order valence-corrected chi connectivity index (χ2v) is 7.64. The summed E-state index contributed by atoms with van der Waals surface area (Å²) in [6.45, 7) is 0. The van der Waals surface area contributed by atoms with Gasteiger partial charge in [-0.15, -0.1) is 0 Å². The average Bonchev–Trinajstić information content (AvgIpc) is 3.10. The maximum Gasteiger partial charge on any atom is 0.266 e. The molecule has 150 valence electrons. The summed E-state index contributed by atoms with van der Waals surface area (Å²) in [7, 11) is -2.11. The van der Waals surface area contributed by atoms with Crippen LogP contribution in [0.4, 0.5) is 14.7 Å². The van der Waals surface area contributed by atoms with Crippen LogP contribution in [0.1, 0.15) is 8.30 Å². The molecule has 0 bridgehead atoms. The number of hydrogen-bond donors (Lipinski definition) is 2. The van der Waals surface area contributed by atoms with Crippen LogP contribution in [0.3, 0.4) is 0 Å². The normalized spacial score (nSPS) is 13.4. The maximum atomic E-state index is 13.2. The third kappa shape index (κ3) is 3.99. The van der Waals surface area contributed by atoms with Crippen LogP contribution in [0.5, 0.6) is 11.8 Å². The number of pyridine rings is 1. The lowest BCUT2D eigenvalue weighted by Crippen LogP contribution is -2.16. The lowest BCUT2D eigenvalue weighted by Gasteiger charge is -2.13. The van der Waals surface area contributed by atoms with E-state index in [0.29, 0.717) is 10.3 Å². The number of rotatable bonds is 7. The van der Waals surface area contributed by atoms with Gasteiger partial charge in [-0.3, -0.25) is 0 Å². The van der Waals surface area contributed by atoms with E-state index in [2.05, 4.69) is 40.6 Å². The predicted octanol–water partition coefficient (Wildman–Crippen LogP) is 2.74. The maximum absolute atomic E-state index is 13.2. The Bertz CT molecular complexity index is 1180. The second kappa shape index (κ2) is 7.83. The lowest BCUT2D eigenvalue weighted by molar-refractivity contribution is 0.146. The molecule has 13 heteroatoms. The van der Waals surface area contributed by atoms with Crippen molar-refractivity contribution in [2.24, 2.45) is 0 Å². The molecule has 3 aromatic rings. The highest BCUT2D eigenvalue weighted by Gasteiger charge is 2.24. The van der Waals surface area contributed by atoms with Crippen LogP contribution >= 0.6 is 15.9 Å². The van der Waals surface area contributed by atoms with E-state index in [4.69, 9.17) is 12.2 Å². The third-order valence-electron chi connectivity index (χ3n) is 3.46. The number of aromatic amines is 1. The molecule has 3 rings (SSSR count). The molecule has 28 heavy (non-hydrogen) atoms. The number of ether oxygens (including phenoxy) is 2. The first kappa shape index (κ1) is 17.6. The van der Waals surface area contributed by atoms with Gasteiger partial charge in [0.25, 0.3) is 10.0 Å². The summed E-state index contributed by atoms with van der Waals surface area (Å²) in [5, 5.41) is 0.287. The summed E-state index contributed by atoms with van der Waals surface area (Å²) in [5.41, 5.74) is -0.437. The molecule has 0 radical (unpaired) electrons. The van der Waals surface area contributed by atoms with Gasteiger partial charge in [-0.05, 0) is 28.1 Å². The first-order valence-corrected chi connectivity index (χ1v) is 9.74. The number of methoxy groups -OCH3 is 2.